The van der Waals surface area contributed by atoms with E-state index in [0.29, 0.717) is 16.9 Å². The van der Waals surface area contributed by atoms with Crippen molar-refractivity contribution in [1.29, 1.82) is 0 Å². The van der Waals surface area contributed by atoms with Gasteiger partial charge in [0, 0.05) is 28.7 Å². The van der Waals surface area contributed by atoms with Crippen LogP contribution in [0.5, 0.6) is 0 Å². The molecule has 0 radical (unpaired) electrons. The van der Waals surface area contributed by atoms with Gasteiger partial charge in [0.15, 0.2) is 6.61 Å². The molecule has 0 atom stereocenters. The van der Waals surface area contributed by atoms with Gasteiger partial charge in [-0.3, -0.25) is 4.79 Å². The summed E-state index contributed by atoms with van der Waals surface area (Å²) in [6, 6.07) is 7.87. The monoisotopic (exact) mass is 315 g/mol. The average molecular weight is 315 g/mol. The molecule has 5 heteroatoms. The maximum Gasteiger partial charge on any atom is 0.330 e. The van der Waals surface area contributed by atoms with Crippen LogP contribution in [0.2, 0.25) is 0 Å². The minimum atomic E-state index is -0.556. The van der Waals surface area contributed by atoms with E-state index in [9.17, 15) is 14.0 Å². The molecule has 23 heavy (non-hydrogen) atoms. The van der Waals surface area contributed by atoms with Crippen LogP contribution >= 0.6 is 0 Å². The Labute approximate surface area is 134 Å². The Morgan fingerprint density at radius 1 is 1.26 bits per heavy atom. The summed E-state index contributed by atoms with van der Waals surface area (Å²) in [7, 11) is 0. The first kappa shape index (κ1) is 16.7. The maximum absolute atomic E-state index is 13.4. The third-order valence-electron chi connectivity index (χ3n) is 3.45. The molecule has 0 saturated carbocycles. The summed E-state index contributed by atoms with van der Waals surface area (Å²) < 4.78 is 20.1. The number of carbonyl (C=O) groups excluding carboxylic acids is 2. The third kappa shape index (κ3) is 3.74. The van der Waals surface area contributed by atoms with E-state index < -0.39 is 5.97 Å². The number of aryl methyl sites for hydroxylation is 1. The largest absolute Gasteiger partial charge is 0.454 e. The van der Waals surface area contributed by atoms with Crippen molar-refractivity contribution in [2.24, 2.45) is 0 Å². The van der Waals surface area contributed by atoms with E-state index in [-0.39, 0.29) is 18.2 Å². The molecule has 1 heterocycles. The highest BCUT2D eigenvalue weighted by Crippen LogP contribution is 2.21. The fourth-order valence-corrected chi connectivity index (χ4v) is 2.46. The minimum Gasteiger partial charge on any atom is -0.454 e. The maximum atomic E-state index is 13.4. The van der Waals surface area contributed by atoms with Gasteiger partial charge in [0.05, 0.1) is 0 Å². The molecule has 0 N–H and O–H groups in total. The Hall–Kier alpha value is -2.69. The van der Waals surface area contributed by atoms with Gasteiger partial charge in [-0.25, -0.2) is 9.18 Å². The second-order valence-electron chi connectivity index (χ2n) is 5.13. The Kier molecular flexibility index (Phi) is 5.11. The lowest BCUT2D eigenvalue weighted by atomic mass is 10.1. The first-order valence-corrected chi connectivity index (χ1v) is 7.21. The van der Waals surface area contributed by atoms with Crippen molar-refractivity contribution in [1.82, 2.24) is 4.57 Å². The molecule has 2 aromatic rings. The van der Waals surface area contributed by atoms with Crippen molar-refractivity contribution >= 4 is 11.8 Å². The molecule has 4 nitrogen and oxygen atoms in total. The number of hydrogen-bond acceptors (Lipinski definition) is 3. The highest BCUT2D eigenvalue weighted by atomic mass is 19.1. The summed E-state index contributed by atoms with van der Waals surface area (Å²) in [5.41, 5.74) is 2.58. The van der Waals surface area contributed by atoms with Gasteiger partial charge < -0.3 is 9.30 Å². The van der Waals surface area contributed by atoms with Crippen molar-refractivity contribution in [2.45, 2.75) is 20.8 Å². The first-order chi connectivity index (χ1) is 10.9. The van der Waals surface area contributed by atoms with Gasteiger partial charge in [-0.1, -0.05) is 12.1 Å². The second kappa shape index (κ2) is 7.05. The highest BCUT2D eigenvalue weighted by molar-refractivity contribution is 5.99. The second-order valence-corrected chi connectivity index (χ2v) is 5.13. The molecule has 1 aromatic carbocycles. The van der Waals surface area contributed by atoms with E-state index in [1.807, 2.05) is 6.92 Å². The molecular weight excluding hydrogens is 297 g/mol. The van der Waals surface area contributed by atoms with Gasteiger partial charge >= 0.3 is 5.97 Å². The number of ketones is 1. The smallest absolute Gasteiger partial charge is 0.330 e. The van der Waals surface area contributed by atoms with Gasteiger partial charge in [-0.05, 0) is 45.0 Å². The molecule has 2 rings (SSSR count). The molecular formula is C18H18FNO3. The lowest BCUT2D eigenvalue weighted by molar-refractivity contribution is -0.136. The molecule has 0 aliphatic rings. The van der Waals surface area contributed by atoms with Crippen LogP contribution in [0.25, 0.3) is 5.69 Å². The quantitative estimate of drug-likeness (QED) is 0.482. The zero-order chi connectivity index (χ0) is 17.0. The van der Waals surface area contributed by atoms with E-state index >= 15 is 0 Å². The number of carbonyl (C=O) groups is 2. The van der Waals surface area contributed by atoms with Crippen LogP contribution in [0.4, 0.5) is 4.39 Å². The lowest BCUT2D eigenvalue weighted by Crippen LogP contribution is -2.13. The number of Topliss-reactive ketones (excluding diaryl/α,β-unsaturated/α-hetero) is 1. The zero-order valence-corrected chi connectivity index (χ0v) is 13.3. The van der Waals surface area contributed by atoms with Crippen molar-refractivity contribution in [3.8, 4) is 5.69 Å². The van der Waals surface area contributed by atoms with Gasteiger partial charge in [0.2, 0.25) is 5.78 Å². The van der Waals surface area contributed by atoms with Crippen LogP contribution < -0.4 is 0 Å². The number of hydrogen-bond donors (Lipinski definition) is 0. The summed E-state index contributed by atoms with van der Waals surface area (Å²) in [5.74, 6) is -1.19. The number of allylic oxidation sites excluding steroid dienone is 1. The minimum absolute atomic E-state index is 0.293. The normalized spacial score (nSPS) is 11.0. The molecule has 0 aliphatic heterocycles. The molecule has 0 aliphatic carbocycles. The van der Waals surface area contributed by atoms with E-state index in [0.717, 1.165) is 5.69 Å². The number of rotatable bonds is 5. The van der Waals surface area contributed by atoms with Crippen molar-refractivity contribution in [3.05, 3.63) is 65.3 Å². The number of halogens is 1. The molecule has 0 bridgehead atoms. The van der Waals surface area contributed by atoms with Gasteiger partial charge in [-0.2, -0.15) is 0 Å². The Bertz CT molecular complexity index is 775. The SMILES string of the molecule is C/C=C/C(=O)OCC(=O)c1cc(C)n(-c2cccc(F)c2)c1C. The van der Waals surface area contributed by atoms with Crippen LogP contribution in [0.1, 0.15) is 28.7 Å². The van der Waals surface area contributed by atoms with Crippen LogP contribution in [0, 0.1) is 19.7 Å². The number of ether oxygens (including phenoxy) is 1. The molecule has 0 unspecified atom stereocenters. The Morgan fingerprint density at radius 3 is 2.65 bits per heavy atom. The van der Waals surface area contributed by atoms with Crippen LogP contribution in [-0.4, -0.2) is 22.9 Å². The van der Waals surface area contributed by atoms with Crippen LogP contribution in [0.3, 0.4) is 0 Å². The fraction of sp³-hybridized carbons (Fsp3) is 0.222. The van der Waals surface area contributed by atoms with Crippen molar-refractivity contribution < 1.29 is 18.7 Å². The number of nitrogens with zero attached hydrogens (tertiary/aromatic N) is 1. The first-order valence-electron chi connectivity index (χ1n) is 7.21. The summed E-state index contributed by atoms with van der Waals surface area (Å²) in [6.45, 7) is 4.98. The predicted molar refractivity (Wildman–Crippen MR) is 85.3 cm³/mol. The van der Waals surface area contributed by atoms with Crippen LogP contribution in [-0.2, 0) is 9.53 Å². The van der Waals surface area contributed by atoms with Crippen molar-refractivity contribution in [3.63, 3.8) is 0 Å². The zero-order valence-electron chi connectivity index (χ0n) is 13.3. The fourth-order valence-electron chi connectivity index (χ4n) is 2.46. The number of aromatic nitrogens is 1. The Balaban J connectivity index is 2.27. The molecule has 0 saturated heterocycles. The van der Waals surface area contributed by atoms with E-state index in [1.54, 1.807) is 42.7 Å². The topological polar surface area (TPSA) is 48.3 Å². The van der Waals surface area contributed by atoms with E-state index in [4.69, 9.17) is 4.74 Å². The van der Waals surface area contributed by atoms with Crippen LogP contribution in [0.15, 0.2) is 42.5 Å². The lowest BCUT2D eigenvalue weighted by Gasteiger charge is -2.10. The summed E-state index contributed by atoms with van der Waals surface area (Å²) in [5, 5.41) is 0. The van der Waals surface area contributed by atoms with E-state index in [2.05, 4.69) is 0 Å². The number of benzene rings is 1. The Morgan fingerprint density at radius 2 is 2.00 bits per heavy atom. The highest BCUT2D eigenvalue weighted by Gasteiger charge is 2.17. The molecule has 1 aromatic heterocycles. The molecule has 0 spiro atoms. The predicted octanol–water partition coefficient (Wildman–Crippen LogP) is 3.54. The summed E-state index contributed by atoms with van der Waals surface area (Å²) >= 11 is 0. The van der Waals surface area contributed by atoms with Crippen molar-refractivity contribution in [2.75, 3.05) is 6.61 Å². The van der Waals surface area contributed by atoms with Gasteiger partial charge in [0.25, 0.3) is 0 Å². The van der Waals surface area contributed by atoms with Gasteiger partial charge in [0.1, 0.15) is 5.82 Å². The standard InChI is InChI=1S/C18H18FNO3/c1-4-6-18(22)23-11-17(21)16-9-12(2)20(13(16)3)15-8-5-7-14(19)10-15/h4-10H,11H2,1-3H3/b6-4+. The summed E-state index contributed by atoms with van der Waals surface area (Å²) in [6.07, 6.45) is 2.80. The molecule has 120 valence electrons. The molecule has 0 amide bonds. The number of esters is 1. The third-order valence-corrected chi connectivity index (χ3v) is 3.45. The molecule has 0 fully saturated rings. The van der Waals surface area contributed by atoms with Gasteiger partial charge in [-0.15, -0.1) is 0 Å². The summed E-state index contributed by atoms with van der Waals surface area (Å²) in [4.78, 5) is 23.5. The van der Waals surface area contributed by atoms with E-state index in [1.165, 1.54) is 18.2 Å². The average Bonchev–Trinajstić information content (AvgIpc) is 2.80.